The largest absolute Gasteiger partial charge is 0.392 e. The second-order valence-electron chi connectivity index (χ2n) is 5.76. The molecule has 1 amide bonds. The first-order valence-electron chi connectivity index (χ1n) is 7.55. The van der Waals surface area contributed by atoms with Gasteiger partial charge in [-0.2, -0.15) is 0 Å². The van der Waals surface area contributed by atoms with E-state index in [1.165, 1.54) is 0 Å². The number of amides is 1. The summed E-state index contributed by atoms with van der Waals surface area (Å²) in [7, 11) is 0. The molecule has 0 saturated carbocycles. The first-order chi connectivity index (χ1) is 9.63. The van der Waals surface area contributed by atoms with Crippen LogP contribution in [0.15, 0.2) is 0 Å². The van der Waals surface area contributed by atoms with Crippen molar-refractivity contribution in [2.75, 3.05) is 26.2 Å². The first kappa shape index (κ1) is 15.7. The van der Waals surface area contributed by atoms with Crippen LogP contribution in [0.4, 0.5) is 0 Å². The molecule has 114 valence electrons. The Morgan fingerprint density at radius 2 is 2.10 bits per heavy atom. The maximum atomic E-state index is 11.9. The molecule has 2 saturated heterocycles. The summed E-state index contributed by atoms with van der Waals surface area (Å²) in [4.78, 5) is 14.7. The van der Waals surface area contributed by atoms with E-state index < -0.39 is 0 Å². The lowest BCUT2D eigenvalue weighted by atomic mass is 10.0. The number of hydrogen-bond donors (Lipinski definition) is 2. The molecule has 5 nitrogen and oxygen atoms in total. The molecule has 2 heterocycles. The Bertz CT molecular complexity index is 337. The van der Waals surface area contributed by atoms with E-state index >= 15 is 0 Å². The molecule has 0 aliphatic carbocycles. The van der Waals surface area contributed by atoms with E-state index in [0.29, 0.717) is 30.1 Å². The molecule has 2 fully saturated rings. The van der Waals surface area contributed by atoms with Crippen molar-refractivity contribution in [2.24, 2.45) is 5.73 Å². The van der Waals surface area contributed by atoms with Crippen LogP contribution in [0.25, 0.3) is 0 Å². The minimum Gasteiger partial charge on any atom is -0.392 e. The number of thiocarbonyl (C=S) groups is 1. The van der Waals surface area contributed by atoms with Gasteiger partial charge in [0, 0.05) is 38.7 Å². The fourth-order valence-corrected chi connectivity index (χ4v) is 3.10. The van der Waals surface area contributed by atoms with Crippen LogP contribution in [0.3, 0.4) is 0 Å². The fourth-order valence-electron chi connectivity index (χ4n) is 2.92. The van der Waals surface area contributed by atoms with Crippen molar-refractivity contribution in [1.82, 2.24) is 10.2 Å². The summed E-state index contributed by atoms with van der Waals surface area (Å²) >= 11 is 4.92. The summed E-state index contributed by atoms with van der Waals surface area (Å²) in [6, 6.07) is 0.301. The molecular weight excluding hydrogens is 274 g/mol. The van der Waals surface area contributed by atoms with Gasteiger partial charge in [0.05, 0.1) is 11.1 Å². The lowest BCUT2D eigenvalue weighted by molar-refractivity contribution is -0.122. The van der Waals surface area contributed by atoms with Gasteiger partial charge in [-0.3, -0.25) is 9.69 Å². The van der Waals surface area contributed by atoms with Crippen LogP contribution in [0.2, 0.25) is 0 Å². The van der Waals surface area contributed by atoms with Crippen LogP contribution in [0.5, 0.6) is 0 Å². The average molecular weight is 299 g/mol. The molecule has 20 heavy (non-hydrogen) atoms. The number of ether oxygens (including phenoxy) is 1. The van der Waals surface area contributed by atoms with Gasteiger partial charge < -0.3 is 15.8 Å². The lowest BCUT2D eigenvalue weighted by Gasteiger charge is -2.32. The van der Waals surface area contributed by atoms with Gasteiger partial charge in [-0.1, -0.05) is 12.2 Å². The average Bonchev–Trinajstić information content (AvgIpc) is 2.91. The SMILES string of the molecule is NC(=S)CN1CCC(NC(=O)CCC2CCCO2)CC1. The topological polar surface area (TPSA) is 67.6 Å². The van der Waals surface area contributed by atoms with Crippen molar-refractivity contribution in [2.45, 2.75) is 50.7 Å². The van der Waals surface area contributed by atoms with Gasteiger partial charge in [0.1, 0.15) is 0 Å². The van der Waals surface area contributed by atoms with E-state index in [4.69, 9.17) is 22.7 Å². The third-order valence-electron chi connectivity index (χ3n) is 4.05. The second-order valence-corrected chi connectivity index (χ2v) is 6.28. The molecule has 0 aromatic heterocycles. The number of piperidine rings is 1. The summed E-state index contributed by atoms with van der Waals surface area (Å²) in [5, 5.41) is 3.13. The van der Waals surface area contributed by atoms with E-state index in [1.807, 2.05) is 0 Å². The van der Waals surface area contributed by atoms with Gasteiger partial charge in [0.15, 0.2) is 0 Å². The number of carbonyl (C=O) groups excluding carboxylic acids is 1. The number of carbonyl (C=O) groups is 1. The smallest absolute Gasteiger partial charge is 0.220 e. The standard InChI is InChI=1S/C14H25N3O2S/c15-13(20)10-17-7-5-11(6-8-17)16-14(18)4-3-12-2-1-9-19-12/h11-12H,1-10H2,(H2,15,20)(H,16,18). The molecule has 0 aromatic carbocycles. The molecule has 2 rings (SSSR count). The number of nitrogens with one attached hydrogen (secondary N) is 1. The van der Waals surface area contributed by atoms with Gasteiger partial charge in [0.25, 0.3) is 0 Å². The van der Waals surface area contributed by atoms with Crippen molar-refractivity contribution in [3.05, 3.63) is 0 Å². The molecule has 6 heteroatoms. The molecule has 0 spiro atoms. The number of nitrogens with zero attached hydrogens (tertiary/aromatic N) is 1. The highest BCUT2D eigenvalue weighted by Crippen LogP contribution is 2.17. The maximum Gasteiger partial charge on any atom is 0.220 e. The van der Waals surface area contributed by atoms with Crippen LogP contribution in [-0.4, -0.2) is 54.2 Å². The van der Waals surface area contributed by atoms with E-state index in [9.17, 15) is 4.79 Å². The summed E-state index contributed by atoms with van der Waals surface area (Å²) in [6.45, 7) is 3.45. The minimum atomic E-state index is 0.160. The van der Waals surface area contributed by atoms with Crippen molar-refractivity contribution in [3.63, 3.8) is 0 Å². The summed E-state index contributed by atoms with van der Waals surface area (Å²) in [6.07, 6.45) is 5.93. The molecule has 1 unspecified atom stereocenters. The van der Waals surface area contributed by atoms with Crippen LogP contribution >= 0.6 is 12.2 Å². The fraction of sp³-hybridized carbons (Fsp3) is 0.857. The summed E-state index contributed by atoms with van der Waals surface area (Å²) < 4.78 is 5.53. The predicted molar refractivity (Wildman–Crippen MR) is 82.6 cm³/mol. The van der Waals surface area contributed by atoms with Crippen molar-refractivity contribution in [1.29, 1.82) is 0 Å². The van der Waals surface area contributed by atoms with E-state index in [0.717, 1.165) is 51.8 Å². The monoisotopic (exact) mass is 299 g/mol. The minimum absolute atomic E-state index is 0.160. The Morgan fingerprint density at radius 1 is 1.35 bits per heavy atom. The third kappa shape index (κ3) is 5.34. The second kappa shape index (κ2) is 7.90. The van der Waals surface area contributed by atoms with Gasteiger partial charge in [0.2, 0.25) is 5.91 Å². The molecule has 2 aliphatic heterocycles. The summed E-state index contributed by atoms with van der Waals surface area (Å²) in [5.41, 5.74) is 5.55. The molecule has 0 bridgehead atoms. The Balaban J connectivity index is 1.59. The zero-order valence-electron chi connectivity index (χ0n) is 12.0. The Kier molecular flexibility index (Phi) is 6.19. The molecule has 2 aliphatic rings. The molecule has 3 N–H and O–H groups in total. The maximum absolute atomic E-state index is 11.9. The Labute approximate surface area is 126 Å². The zero-order valence-corrected chi connectivity index (χ0v) is 12.8. The van der Waals surface area contributed by atoms with Gasteiger partial charge in [-0.15, -0.1) is 0 Å². The van der Waals surface area contributed by atoms with Crippen LogP contribution in [0, 0.1) is 0 Å². The Morgan fingerprint density at radius 3 is 2.70 bits per heavy atom. The number of rotatable bonds is 6. The Hall–Kier alpha value is -0.720. The molecule has 1 atom stereocenters. The van der Waals surface area contributed by atoms with Crippen LogP contribution in [-0.2, 0) is 9.53 Å². The first-order valence-corrected chi connectivity index (χ1v) is 7.96. The lowest BCUT2D eigenvalue weighted by Crippen LogP contribution is -2.46. The van der Waals surface area contributed by atoms with Crippen LogP contribution in [0.1, 0.15) is 38.5 Å². The molecule has 0 radical (unpaired) electrons. The van der Waals surface area contributed by atoms with Gasteiger partial charge in [-0.05, 0) is 32.1 Å². The molecular formula is C14H25N3O2S. The number of likely N-dealkylation sites (tertiary alicyclic amines) is 1. The number of nitrogens with two attached hydrogens (primary N) is 1. The highest BCUT2D eigenvalue weighted by Gasteiger charge is 2.22. The van der Waals surface area contributed by atoms with Gasteiger partial charge >= 0.3 is 0 Å². The van der Waals surface area contributed by atoms with Crippen molar-refractivity contribution >= 4 is 23.1 Å². The quantitative estimate of drug-likeness (QED) is 0.711. The van der Waals surface area contributed by atoms with Crippen LogP contribution < -0.4 is 11.1 Å². The van der Waals surface area contributed by atoms with E-state index in [1.54, 1.807) is 0 Å². The highest BCUT2D eigenvalue weighted by atomic mass is 32.1. The van der Waals surface area contributed by atoms with Crippen molar-refractivity contribution in [3.8, 4) is 0 Å². The van der Waals surface area contributed by atoms with E-state index in [2.05, 4.69) is 10.2 Å². The zero-order chi connectivity index (χ0) is 14.4. The molecule has 0 aromatic rings. The van der Waals surface area contributed by atoms with E-state index in [-0.39, 0.29) is 5.91 Å². The van der Waals surface area contributed by atoms with Crippen molar-refractivity contribution < 1.29 is 9.53 Å². The highest BCUT2D eigenvalue weighted by molar-refractivity contribution is 7.80. The third-order valence-corrected chi connectivity index (χ3v) is 4.18. The summed E-state index contributed by atoms with van der Waals surface area (Å²) in [5.74, 6) is 0.160. The predicted octanol–water partition coefficient (Wildman–Crippen LogP) is 0.812. The normalized spacial score (nSPS) is 24.7. The number of hydrogen-bond acceptors (Lipinski definition) is 4. The van der Waals surface area contributed by atoms with Gasteiger partial charge in [-0.25, -0.2) is 0 Å².